The maximum Gasteiger partial charge on any atom is 0.244 e. The van der Waals surface area contributed by atoms with E-state index in [2.05, 4.69) is 21.9 Å². The molecule has 0 saturated heterocycles. The highest BCUT2D eigenvalue weighted by Crippen LogP contribution is 2.19. The third kappa shape index (κ3) is 3.93. The molecule has 22 heavy (non-hydrogen) atoms. The summed E-state index contributed by atoms with van der Waals surface area (Å²) in [5.74, 6) is -0.0846. The predicted molar refractivity (Wildman–Crippen MR) is 91.9 cm³/mol. The number of amides is 1. The molecule has 1 N–H and O–H groups in total. The largest absolute Gasteiger partial charge is 0.351 e. The number of carbonyl (C=O) groups is 1. The lowest BCUT2D eigenvalue weighted by atomic mass is 10.2. The lowest BCUT2D eigenvalue weighted by molar-refractivity contribution is -0.116. The highest BCUT2D eigenvalue weighted by Gasteiger charge is 2.02. The molecular formula is C16H15N3OS2. The van der Waals surface area contributed by atoms with Gasteiger partial charge >= 0.3 is 0 Å². The summed E-state index contributed by atoms with van der Waals surface area (Å²) < 4.78 is 1.84. The lowest BCUT2D eigenvalue weighted by Gasteiger charge is -2.02. The number of hydrogen-bond acceptors (Lipinski definition) is 4. The van der Waals surface area contributed by atoms with Crippen molar-refractivity contribution in [2.75, 3.05) is 6.54 Å². The van der Waals surface area contributed by atoms with Gasteiger partial charge in [-0.1, -0.05) is 6.07 Å². The van der Waals surface area contributed by atoms with Gasteiger partial charge in [-0.05, 0) is 35.0 Å². The Morgan fingerprint density at radius 2 is 2.27 bits per heavy atom. The van der Waals surface area contributed by atoms with E-state index in [-0.39, 0.29) is 5.91 Å². The molecule has 0 saturated carbocycles. The second-order valence-electron chi connectivity index (χ2n) is 4.62. The molecule has 3 aromatic heterocycles. The van der Waals surface area contributed by atoms with E-state index in [9.17, 15) is 4.79 Å². The molecule has 0 radical (unpaired) electrons. The van der Waals surface area contributed by atoms with E-state index in [0.29, 0.717) is 13.1 Å². The molecule has 3 aromatic rings. The Bertz CT molecular complexity index is 742. The fourth-order valence-corrected chi connectivity index (χ4v) is 3.21. The number of nitrogens with one attached hydrogen (secondary N) is 1. The lowest BCUT2D eigenvalue weighted by Crippen LogP contribution is -2.25. The molecule has 112 valence electrons. The zero-order valence-electron chi connectivity index (χ0n) is 11.8. The maximum atomic E-state index is 11.7. The van der Waals surface area contributed by atoms with Gasteiger partial charge in [0, 0.05) is 34.6 Å². The fraction of sp³-hybridized carbons (Fsp3) is 0.125. The van der Waals surface area contributed by atoms with Crippen molar-refractivity contribution in [3.63, 3.8) is 0 Å². The molecule has 0 fully saturated rings. The molecule has 0 spiro atoms. The standard InChI is InChI=1S/C16H15N3OS2/c20-16(4-3-14-2-1-10-22-14)17-7-9-19-8-5-15(18-19)13-6-11-21-12-13/h1-6,8,10-12H,7,9H2,(H,17,20). The van der Waals surface area contributed by atoms with E-state index in [4.69, 9.17) is 0 Å². The summed E-state index contributed by atoms with van der Waals surface area (Å²) in [6, 6.07) is 7.98. The number of hydrogen-bond donors (Lipinski definition) is 1. The summed E-state index contributed by atoms with van der Waals surface area (Å²) in [4.78, 5) is 12.8. The van der Waals surface area contributed by atoms with Crippen LogP contribution in [0.5, 0.6) is 0 Å². The van der Waals surface area contributed by atoms with Crippen molar-refractivity contribution in [2.24, 2.45) is 0 Å². The first kappa shape index (κ1) is 14.7. The number of carbonyl (C=O) groups excluding carboxylic acids is 1. The van der Waals surface area contributed by atoms with Crippen LogP contribution in [0.1, 0.15) is 4.88 Å². The summed E-state index contributed by atoms with van der Waals surface area (Å²) in [5.41, 5.74) is 2.09. The SMILES string of the molecule is O=C(C=Cc1cccs1)NCCn1ccc(-c2ccsc2)n1. The minimum atomic E-state index is -0.0846. The molecular weight excluding hydrogens is 314 g/mol. The molecule has 3 rings (SSSR count). The fourth-order valence-electron chi connectivity index (χ4n) is 1.95. The topological polar surface area (TPSA) is 46.9 Å². The van der Waals surface area contributed by atoms with Gasteiger partial charge < -0.3 is 5.32 Å². The predicted octanol–water partition coefficient (Wildman–Crippen LogP) is 3.50. The average Bonchev–Trinajstić information content (AvgIpc) is 3.26. The Morgan fingerprint density at radius 1 is 1.32 bits per heavy atom. The molecule has 3 heterocycles. The summed E-state index contributed by atoms with van der Waals surface area (Å²) in [7, 11) is 0. The van der Waals surface area contributed by atoms with E-state index in [1.807, 2.05) is 45.9 Å². The van der Waals surface area contributed by atoms with Crippen LogP contribution in [-0.4, -0.2) is 22.2 Å². The Balaban J connectivity index is 1.46. The quantitative estimate of drug-likeness (QED) is 0.704. The van der Waals surface area contributed by atoms with Crippen LogP contribution in [0.3, 0.4) is 0 Å². The Kier molecular flexibility index (Phi) is 4.82. The number of thiophene rings is 2. The smallest absolute Gasteiger partial charge is 0.244 e. The van der Waals surface area contributed by atoms with Crippen molar-refractivity contribution in [2.45, 2.75) is 6.54 Å². The normalized spacial score (nSPS) is 11.1. The van der Waals surface area contributed by atoms with E-state index in [1.165, 1.54) is 0 Å². The molecule has 0 aromatic carbocycles. The molecule has 0 aliphatic carbocycles. The van der Waals surface area contributed by atoms with Crippen LogP contribution in [0, 0.1) is 0 Å². The van der Waals surface area contributed by atoms with Gasteiger partial charge in [0.2, 0.25) is 5.91 Å². The van der Waals surface area contributed by atoms with E-state index in [1.54, 1.807) is 28.7 Å². The van der Waals surface area contributed by atoms with Crippen LogP contribution < -0.4 is 5.32 Å². The summed E-state index contributed by atoms with van der Waals surface area (Å²) >= 11 is 3.26. The molecule has 0 aliphatic heterocycles. The van der Waals surface area contributed by atoms with Crippen LogP contribution in [-0.2, 0) is 11.3 Å². The zero-order chi connectivity index (χ0) is 15.2. The van der Waals surface area contributed by atoms with Crippen molar-refractivity contribution in [3.05, 3.63) is 57.6 Å². The Hall–Kier alpha value is -2.18. The third-order valence-electron chi connectivity index (χ3n) is 3.04. The molecule has 6 heteroatoms. The van der Waals surface area contributed by atoms with Gasteiger partial charge in [0.25, 0.3) is 0 Å². The molecule has 0 unspecified atom stereocenters. The van der Waals surface area contributed by atoms with Crippen molar-refractivity contribution in [1.82, 2.24) is 15.1 Å². The van der Waals surface area contributed by atoms with Crippen molar-refractivity contribution >= 4 is 34.7 Å². The maximum absolute atomic E-state index is 11.7. The van der Waals surface area contributed by atoms with Gasteiger partial charge in [0.15, 0.2) is 0 Å². The van der Waals surface area contributed by atoms with E-state index < -0.39 is 0 Å². The summed E-state index contributed by atoms with van der Waals surface area (Å²) in [5, 5.41) is 13.4. The number of nitrogens with zero attached hydrogens (tertiary/aromatic N) is 2. The van der Waals surface area contributed by atoms with E-state index in [0.717, 1.165) is 16.1 Å². The second-order valence-corrected chi connectivity index (χ2v) is 6.38. The van der Waals surface area contributed by atoms with Crippen LogP contribution in [0.25, 0.3) is 17.3 Å². The van der Waals surface area contributed by atoms with Crippen LogP contribution in [0.15, 0.2) is 52.7 Å². The first-order valence-electron chi connectivity index (χ1n) is 6.87. The van der Waals surface area contributed by atoms with Gasteiger partial charge in [-0.2, -0.15) is 16.4 Å². The zero-order valence-corrected chi connectivity index (χ0v) is 13.4. The first-order valence-corrected chi connectivity index (χ1v) is 8.69. The second kappa shape index (κ2) is 7.20. The summed E-state index contributed by atoms with van der Waals surface area (Å²) in [6.45, 7) is 1.21. The number of aromatic nitrogens is 2. The Labute approximate surface area is 136 Å². The minimum absolute atomic E-state index is 0.0846. The van der Waals surface area contributed by atoms with Crippen LogP contribution in [0.4, 0.5) is 0 Å². The first-order chi connectivity index (χ1) is 10.8. The minimum Gasteiger partial charge on any atom is -0.351 e. The van der Waals surface area contributed by atoms with Crippen LogP contribution >= 0.6 is 22.7 Å². The monoisotopic (exact) mass is 329 g/mol. The van der Waals surface area contributed by atoms with Gasteiger partial charge in [-0.15, -0.1) is 11.3 Å². The Morgan fingerprint density at radius 3 is 3.05 bits per heavy atom. The van der Waals surface area contributed by atoms with Crippen molar-refractivity contribution in [1.29, 1.82) is 0 Å². The molecule has 0 bridgehead atoms. The van der Waals surface area contributed by atoms with Crippen molar-refractivity contribution < 1.29 is 4.79 Å². The van der Waals surface area contributed by atoms with Crippen molar-refractivity contribution in [3.8, 4) is 11.3 Å². The van der Waals surface area contributed by atoms with Gasteiger partial charge in [0.05, 0.1) is 12.2 Å². The van der Waals surface area contributed by atoms with Gasteiger partial charge in [-0.3, -0.25) is 9.48 Å². The average molecular weight is 329 g/mol. The molecule has 0 aliphatic rings. The highest BCUT2D eigenvalue weighted by molar-refractivity contribution is 7.10. The van der Waals surface area contributed by atoms with E-state index >= 15 is 0 Å². The molecule has 4 nitrogen and oxygen atoms in total. The third-order valence-corrected chi connectivity index (χ3v) is 4.56. The van der Waals surface area contributed by atoms with Crippen LogP contribution in [0.2, 0.25) is 0 Å². The van der Waals surface area contributed by atoms with Gasteiger partial charge in [-0.25, -0.2) is 0 Å². The molecule has 0 atom stereocenters. The van der Waals surface area contributed by atoms with Gasteiger partial charge in [0.1, 0.15) is 0 Å². The molecule has 1 amide bonds. The highest BCUT2D eigenvalue weighted by atomic mass is 32.1. The summed E-state index contributed by atoms with van der Waals surface area (Å²) in [6.07, 6.45) is 5.31. The number of rotatable bonds is 6.